The lowest BCUT2D eigenvalue weighted by molar-refractivity contribution is -0.117. The van der Waals surface area contributed by atoms with Crippen LogP contribution in [-0.2, 0) is 11.2 Å². The van der Waals surface area contributed by atoms with Crippen LogP contribution < -0.4 is 10.6 Å². The number of nitrogens with one attached hydrogen (secondary N) is 2. The van der Waals surface area contributed by atoms with Crippen molar-refractivity contribution in [3.8, 4) is 0 Å². The van der Waals surface area contributed by atoms with Gasteiger partial charge in [0.1, 0.15) is 0 Å². The van der Waals surface area contributed by atoms with Gasteiger partial charge in [0.05, 0.1) is 11.6 Å². The fourth-order valence-corrected chi connectivity index (χ4v) is 5.07. The molecule has 1 aliphatic carbocycles. The van der Waals surface area contributed by atoms with Crippen LogP contribution >= 0.6 is 34.7 Å². The van der Waals surface area contributed by atoms with Gasteiger partial charge in [-0.05, 0) is 68.0 Å². The monoisotopic (exact) mass is 457 g/mol. The quantitative estimate of drug-likeness (QED) is 0.473. The van der Waals surface area contributed by atoms with Crippen molar-refractivity contribution in [3.05, 3.63) is 69.7 Å². The smallest absolute Gasteiger partial charge is 0.257 e. The SMILES string of the molecule is CSc1cccc(NC(=O)C2CCCc3sc(NC(=O)c4ccc(Cl)cc4)nc32)c1. The van der Waals surface area contributed by atoms with Gasteiger partial charge in [0, 0.05) is 26.0 Å². The number of benzene rings is 2. The van der Waals surface area contributed by atoms with Gasteiger partial charge in [-0.2, -0.15) is 0 Å². The van der Waals surface area contributed by atoms with E-state index in [9.17, 15) is 9.59 Å². The number of thioether (sulfide) groups is 1. The third kappa shape index (κ3) is 4.69. The summed E-state index contributed by atoms with van der Waals surface area (Å²) in [7, 11) is 0. The first-order valence-corrected chi connectivity index (χ1v) is 12.0. The minimum absolute atomic E-state index is 0.0601. The molecule has 0 saturated carbocycles. The molecule has 2 amide bonds. The van der Waals surface area contributed by atoms with Crippen LogP contribution in [0.5, 0.6) is 0 Å². The molecule has 154 valence electrons. The Morgan fingerprint density at radius 3 is 2.73 bits per heavy atom. The Bertz CT molecular complexity index is 1080. The van der Waals surface area contributed by atoms with Crippen molar-refractivity contribution < 1.29 is 9.59 Å². The minimum Gasteiger partial charge on any atom is -0.325 e. The Hall–Kier alpha value is -2.35. The van der Waals surface area contributed by atoms with E-state index in [1.807, 2.05) is 30.5 Å². The van der Waals surface area contributed by atoms with Gasteiger partial charge in [-0.25, -0.2) is 4.98 Å². The highest BCUT2D eigenvalue weighted by molar-refractivity contribution is 7.98. The van der Waals surface area contributed by atoms with Crippen molar-refractivity contribution in [2.24, 2.45) is 0 Å². The van der Waals surface area contributed by atoms with Crippen LogP contribution in [0.1, 0.15) is 39.7 Å². The molecule has 5 nitrogen and oxygen atoms in total. The van der Waals surface area contributed by atoms with E-state index in [1.165, 1.54) is 11.3 Å². The maximum atomic E-state index is 13.0. The van der Waals surface area contributed by atoms with Crippen LogP contribution in [0.4, 0.5) is 10.8 Å². The van der Waals surface area contributed by atoms with Gasteiger partial charge in [0.25, 0.3) is 5.91 Å². The number of hydrogen-bond donors (Lipinski definition) is 2. The van der Waals surface area contributed by atoms with E-state index in [-0.39, 0.29) is 17.7 Å². The molecular formula is C22H20ClN3O2S2. The van der Waals surface area contributed by atoms with Crippen molar-refractivity contribution in [1.29, 1.82) is 0 Å². The van der Waals surface area contributed by atoms with Crippen LogP contribution in [0.2, 0.25) is 5.02 Å². The van der Waals surface area contributed by atoms with Crippen LogP contribution in [0.3, 0.4) is 0 Å². The molecule has 0 bridgehead atoms. The van der Waals surface area contributed by atoms with Gasteiger partial charge in [-0.3, -0.25) is 14.9 Å². The summed E-state index contributed by atoms with van der Waals surface area (Å²) in [4.78, 5) is 32.2. The summed E-state index contributed by atoms with van der Waals surface area (Å²) in [6.45, 7) is 0. The molecule has 1 aromatic heterocycles. The van der Waals surface area contributed by atoms with Gasteiger partial charge in [0.2, 0.25) is 5.91 Å². The van der Waals surface area contributed by atoms with Gasteiger partial charge < -0.3 is 5.32 Å². The number of anilines is 2. The first kappa shape index (κ1) is 20.9. The second-order valence-corrected chi connectivity index (χ2v) is 9.35. The highest BCUT2D eigenvalue weighted by Gasteiger charge is 2.30. The number of thiazole rings is 1. The summed E-state index contributed by atoms with van der Waals surface area (Å²) in [6.07, 6.45) is 4.54. The molecule has 1 aliphatic rings. The highest BCUT2D eigenvalue weighted by atomic mass is 35.5. The molecule has 0 aliphatic heterocycles. The standard InChI is InChI=1S/C22H20ClN3O2S2/c1-29-16-5-2-4-15(12-16)24-21(28)17-6-3-7-18-19(17)25-22(30-18)26-20(27)13-8-10-14(23)11-9-13/h2,4-5,8-12,17H,3,6-7H2,1H3,(H,24,28)(H,25,26,27). The number of halogens is 1. The van der Waals surface area contributed by atoms with Crippen LogP contribution in [0.25, 0.3) is 0 Å². The molecule has 4 rings (SSSR count). The fourth-order valence-electron chi connectivity index (χ4n) is 3.43. The van der Waals surface area contributed by atoms with Crippen molar-refractivity contribution in [1.82, 2.24) is 4.98 Å². The highest BCUT2D eigenvalue weighted by Crippen LogP contribution is 2.37. The third-order valence-corrected chi connectivity index (χ3v) is 6.96. The number of nitrogens with zero attached hydrogens (tertiary/aromatic N) is 1. The normalized spacial score (nSPS) is 15.3. The van der Waals surface area contributed by atoms with E-state index in [0.29, 0.717) is 15.7 Å². The number of rotatable bonds is 5. The molecule has 1 atom stereocenters. The number of amides is 2. The number of hydrogen-bond acceptors (Lipinski definition) is 5. The van der Waals surface area contributed by atoms with E-state index in [1.54, 1.807) is 36.0 Å². The Morgan fingerprint density at radius 2 is 1.97 bits per heavy atom. The number of carbonyl (C=O) groups is 2. The zero-order valence-electron chi connectivity index (χ0n) is 16.3. The number of carbonyl (C=O) groups excluding carboxylic acids is 2. The number of aromatic nitrogens is 1. The number of aryl methyl sites for hydroxylation is 1. The Balaban J connectivity index is 1.50. The van der Waals surface area contributed by atoms with Gasteiger partial charge >= 0.3 is 0 Å². The zero-order valence-corrected chi connectivity index (χ0v) is 18.7. The molecule has 1 unspecified atom stereocenters. The number of fused-ring (bicyclic) bond motifs is 1. The minimum atomic E-state index is -0.316. The zero-order chi connectivity index (χ0) is 21.1. The van der Waals surface area contributed by atoms with Crippen LogP contribution in [-0.4, -0.2) is 23.1 Å². The predicted octanol–water partition coefficient (Wildman–Crippen LogP) is 5.83. The van der Waals surface area contributed by atoms with Crippen LogP contribution in [0.15, 0.2) is 53.4 Å². The second-order valence-electron chi connectivity index (χ2n) is 6.95. The van der Waals surface area contributed by atoms with Gasteiger partial charge in [0.15, 0.2) is 5.13 Å². The van der Waals surface area contributed by atoms with Gasteiger partial charge in [-0.15, -0.1) is 23.1 Å². The summed E-state index contributed by atoms with van der Waals surface area (Å²) in [5.74, 6) is -0.619. The topological polar surface area (TPSA) is 71.1 Å². The van der Waals surface area contributed by atoms with E-state index in [0.717, 1.165) is 40.4 Å². The van der Waals surface area contributed by atoms with E-state index < -0.39 is 0 Å². The maximum Gasteiger partial charge on any atom is 0.257 e. The summed E-state index contributed by atoms with van der Waals surface area (Å²) in [6, 6.07) is 14.5. The van der Waals surface area contributed by atoms with Crippen molar-refractivity contribution in [2.45, 2.75) is 30.1 Å². The average Bonchev–Trinajstić information content (AvgIpc) is 3.16. The molecule has 8 heteroatoms. The maximum absolute atomic E-state index is 13.0. The lowest BCUT2D eigenvalue weighted by atomic mass is 9.90. The molecule has 0 fully saturated rings. The Labute approximate surface area is 188 Å². The fraction of sp³-hybridized carbons (Fsp3) is 0.227. The molecular weight excluding hydrogens is 438 g/mol. The van der Waals surface area contributed by atoms with E-state index in [4.69, 9.17) is 11.6 Å². The predicted molar refractivity (Wildman–Crippen MR) is 124 cm³/mol. The molecule has 3 aromatic rings. The average molecular weight is 458 g/mol. The molecule has 1 heterocycles. The van der Waals surface area contributed by atoms with Crippen molar-refractivity contribution in [2.75, 3.05) is 16.9 Å². The Morgan fingerprint density at radius 1 is 1.17 bits per heavy atom. The first-order valence-electron chi connectivity index (χ1n) is 9.55. The molecule has 0 spiro atoms. The molecule has 2 aromatic carbocycles. The lowest BCUT2D eigenvalue weighted by Crippen LogP contribution is -2.24. The lowest BCUT2D eigenvalue weighted by Gasteiger charge is -2.20. The van der Waals surface area contributed by atoms with Crippen LogP contribution in [0, 0.1) is 0 Å². The summed E-state index contributed by atoms with van der Waals surface area (Å²) in [5, 5.41) is 6.97. The third-order valence-electron chi connectivity index (χ3n) is 4.93. The molecule has 0 radical (unpaired) electrons. The first-order chi connectivity index (χ1) is 14.5. The summed E-state index contributed by atoms with van der Waals surface area (Å²) < 4.78 is 0. The van der Waals surface area contributed by atoms with Gasteiger partial charge in [-0.1, -0.05) is 17.7 Å². The van der Waals surface area contributed by atoms with E-state index >= 15 is 0 Å². The summed E-state index contributed by atoms with van der Waals surface area (Å²) in [5.41, 5.74) is 2.07. The van der Waals surface area contributed by atoms with Crippen molar-refractivity contribution in [3.63, 3.8) is 0 Å². The molecule has 0 saturated heterocycles. The summed E-state index contributed by atoms with van der Waals surface area (Å²) >= 11 is 8.96. The van der Waals surface area contributed by atoms with E-state index in [2.05, 4.69) is 15.6 Å². The largest absolute Gasteiger partial charge is 0.325 e. The second kappa shape index (κ2) is 9.20. The molecule has 2 N–H and O–H groups in total. The molecule has 30 heavy (non-hydrogen) atoms. The Kier molecular flexibility index (Phi) is 6.41. The van der Waals surface area contributed by atoms with Crippen molar-refractivity contribution >= 4 is 57.3 Å².